The molecule has 2 N–H and O–H groups in total. The second kappa shape index (κ2) is 9.65. The first-order chi connectivity index (χ1) is 15.5. The molecule has 2 unspecified atom stereocenters. The first-order valence-corrected chi connectivity index (χ1v) is 10.7. The van der Waals surface area contributed by atoms with Gasteiger partial charge in [0.2, 0.25) is 0 Å². The summed E-state index contributed by atoms with van der Waals surface area (Å²) in [4.78, 5) is 0. The van der Waals surface area contributed by atoms with Crippen LogP contribution in [0.15, 0.2) is 97.1 Å². The second-order valence-electron chi connectivity index (χ2n) is 8.02. The highest BCUT2D eigenvalue weighted by molar-refractivity contribution is 5.52. The number of halogens is 2. The molecule has 0 spiro atoms. The van der Waals surface area contributed by atoms with Gasteiger partial charge in [0.1, 0.15) is 11.6 Å². The molecule has 2 atom stereocenters. The fourth-order valence-electron chi connectivity index (χ4n) is 3.79. The molecule has 4 aromatic rings. The van der Waals surface area contributed by atoms with Gasteiger partial charge >= 0.3 is 0 Å². The molecule has 162 valence electrons. The van der Waals surface area contributed by atoms with Crippen molar-refractivity contribution in [3.05, 3.63) is 131 Å². The van der Waals surface area contributed by atoms with Crippen molar-refractivity contribution in [2.24, 2.45) is 0 Å². The summed E-state index contributed by atoms with van der Waals surface area (Å²) in [7, 11) is 0. The quantitative estimate of drug-likeness (QED) is 0.317. The highest BCUT2D eigenvalue weighted by Crippen LogP contribution is 2.37. The van der Waals surface area contributed by atoms with Crippen LogP contribution in [0.1, 0.15) is 34.3 Å². The predicted molar refractivity (Wildman–Crippen MR) is 128 cm³/mol. The fraction of sp³-hybridized carbons (Fsp3) is 0.143. The van der Waals surface area contributed by atoms with Crippen molar-refractivity contribution in [1.29, 1.82) is 0 Å². The summed E-state index contributed by atoms with van der Waals surface area (Å²) < 4.78 is 30.0. The zero-order valence-corrected chi connectivity index (χ0v) is 18.1. The molecule has 0 radical (unpaired) electrons. The van der Waals surface area contributed by atoms with Crippen molar-refractivity contribution < 1.29 is 8.78 Å². The lowest BCUT2D eigenvalue weighted by Gasteiger charge is -2.32. The molecule has 0 heterocycles. The second-order valence-corrected chi connectivity index (χ2v) is 8.02. The standard InChI is InChI=1S/C28H26F2N2/c1-19-11-15-21(16-12-19)31-27(23-7-3-5-9-25(23)29)28(24-8-4-6-10-26(24)30)32-22-17-13-20(2)14-18-22/h3-18,27-28,31-32H,1-2H3. The molecular weight excluding hydrogens is 402 g/mol. The van der Waals surface area contributed by atoms with Crippen LogP contribution in [-0.2, 0) is 0 Å². The smallest absolute Gasteiger partial charge is 0.128 e. The Kier molecular flexibility index (Phi) is 6.50. The number of benzene rings is 4. The molecule has 0 aliphatic heterocycles. The average molecular weight is 429 g/mol. The van der Waals surface area contributed by atoms with Crippen LogP contribution in [0.25, 0.3) is 0 Å². The summed E-state index contributed by atoms with van der Waals surface area (Å²) in [5.41, 5.74) is 4.83. The molecule has 0 amide bonds. The molecular formula is C28H26F2N2. The topological polar surface area (TPSA) is 24.1 Å². The van der Waals surface area contributed by atoms with Gasteiger partial charge in [-0.05, 0) is 50.2 Å². The van der Waals surface area contributed by atoms with Gasteiger partial charge in [0.05, 0.1) is 12.1 Å². The predicted octanol–water partition coefficient (Wildman–Crippen LogP) is 7.59. The number of aryl methyl sites for hydroxylation is 2. The number of rotatable bonds is 7. The lowest BCUT2D eigenvalue weighted by Crippen LogP contribution is -2.27. The molecule has 4 aromatic carbocycles. The summed E-state index contributed by atoms with van der Waals surface area (Å²) in [6.45, 7) is 4.03. The Balaban J connectivity index is 1.82. The van der Waals surface area contributed by atoms with Crippen LogP contribution < -0.4 is 10.6 Å². The molecule has 0 bridgehead atoms. The van der Waals surface area contributed by atoms with Crippen molar-refractivity contribution in [2.45, 2.75) is 25.9 Å². The van der Waals surface area contributed by atoms with Crippen LogP contribution in [0.5, 0.6) is 0 Å². The Morgan fingerprint density at radius 2 is 0.844 bits per heavy atom. The minimum absolute atomic E-state index is 0.343. The lowest BCUT2D eigenvalue weighted by molar-refractivity contribution is 0.539. The van der Waals surface area contributed by atoms with E-state index < -0.39 is 12.1 Å². The van der Waals surface area contributed by atoms with Crippen LogP contribution in [0.4, 0.5) is 20.2 Å². The van der Waals surface area contributed by atoms with Crippen LogP contribution in [0.2, 0.25) is 0 Å². The van der Waals surface area contributed by atoms with Gasteiger partial charge < -0.3 is 10.6 Å². The molecule has 4 rings (SSSR count). The van der Waals surface area contributed by atoms with Gasteiger partial charge in [0, 0.05) is 22.5 Å². The molecule has 4 heteroatoms. The zero-order valence-electron chi connectivity index (χ0n) is 18.1. The molecule has 0 fully saturated rings. The Hall–Kier alpha value is -3.66. The van der Waals surface area contributed by atoms with Crippen molar-refractivity contribution in [2.75, 3.05) is 10.6 Å². The average Bonchev–Trinajstić information content (AvgIpc) is 2.80. The maximum atomic E-state index is 15.0. The summed E-state index contributed by atoms with van der Waals surface area (Å²) in [6, 6.07) is 27.9. The summed E-state index contributed by atoms with van der Waals surface area (Å²) in [6.07, 6.45) is 0. The van der Waals surface area contributed by atoms with E-state index in [1.807, 2.05) is 62.4 Å². The van der Waals surface area contributed by atoms with Gasteiger partial charge in [0.25, 0.3) is 0 Å². The Morgan fingerprint density at radius 3 is 1.19 bits per heavy atom. The maximum Gasteiger partial charge on any atom is 0.128 e. The molecule has 0 aliphatic carbocycles. The van der Waals surface area contributed by atoms with Crippen molar-refractivity contribution in [1.82, 2.24) is 0 Å². The van der Waals surface area contributed by atoms with Crippen molar-refractivity contribution in [3.63, 3.8) is 0 Å². The van der Waals surface area contributed by atoms with Crippen LogP contribution in [-0.4, -0.2) is 0 Å². The first-order valence-electron chi connectivity index (χ1n) is 10.7. The van der Waals surface area contributed by atoms with E-state index in [4.69, 9.17) is 0 Å². The molecule has 0 saturated carbocycles. The minimum atomic E-state index is -0.572. The van der Waals surface area contributed by atoms with E-state index in [1.54, 1.807) is 36.4 Å². The van der Waals surface area contributed by atoms with Gasteiger partial charge in [-0.25, -0.2) is 8.78 Å². The third kappa shape index (κ3) is 4.97. The van der Waals surface area contributed by atoms with Gasteiger partial charge in [-0.1, -0.05) is 71.8 Å². The van der Waals surface area contributed by atoms with E-state index in [1.165, 1.54) is 12.1 Å². The van der Waals surface area contributed by atoms with Crippen LogP contribution >= 0.6 is 0 Å². The third-order valence-corrected chi connectivity index (χ3v) is 5.56. The number of hydrogen-bond acceptors (Lipinski definition) is 2. The molecule has 2 nitrogen and oxygen atoms in total. The van der Waals surface area contributed by atoms with E-state index in [9.17, 15) is 0 Å². The van der Waals surface area contributed by atoms with E-state index in [0.717, 1.165) is 22.5 Å². The summed E-state index contributed by atoms with van der Waals surface area (Å²) in [5, 5.41) is 6.90. The monoisotopic (exact) mass is 428 g/mol. The van der Waals surface area contributed by atoms with Crippen molar-refractivity contribution in [3.8, 4) is 0 Å². The summed E-state index contributed by atoms with van der Waals surface area (Å²) >= 11 is 0. The van der Waals surface area contributed by atoms with Gasteiger partial charge in [0.15, 0.2) is 0 Å². The number of nitrogens with one attached hydrogen (secondary N) is 2. The highest BCUT2D eigenvalue weighted by atomic mass is 19.1. The third-order valence-electron chi connectivity index (χ3n) is 5.56. The fourth-order valence-corrected chi connectivity index (χ4v) is 3.79. The molecule has 0 aromatic heterocycles. The minimum Gasteiger partial charge on any atom is -0.376 e. The van der Waals surface area contributed by atoms with Gasteiger partial charge in [-0.3, -0.25) is 0 Å². The SMILES string of the molecule is Cc1ccc(NC(c2ccccc2F)C(Nc2ccc(C)cc2)c2ccccc2F)cc1. The van der Waals surface area contributed by atoms with Gasteiger partial charge in [-0.15, -0.1) is 0 Å². The maximum absolute atomic E-state index is 15.0. The molecule has 0 aliphatic rings. The van der Waals surface area contributed by atoms with Gasteiger partial charge in [-0.2, -0.15) is 0 Å². The van der Waals surface area contributed by atoms with Crippen LogP contribution in [0, 0.1) is 25.5 Å². The molecule has 0 saturated heterocycles. The number of anilines is 2. The van der Waals surface area contributed by atoms with E-state index >= 15 is 8.78 Å². The Morgan fingerprint density at radius 1 is 0.500 bits per heavy atom. The van der Waals surface area contributed by atoms with E-state index in [-0.39, 0.29) is 11.6 Å². The van der Waals surface area contributed by atoms with Crippen molar-refractivity contribution >= 4 is 11.4 Å². The Bertz CT molecular complexity index is 1080. The Labute approximate surface area is 187 Å². The lowest BCUT2D eigenvalue weighted by atomic mass is 9.91. The van der Waals surface area contributed by atoms with Crippen LogP contribution in [0.3, 0.4) is 0 Å². The largest absolute Gasteiger partial charge is 0.376 e. The zero-order chi connectivity index (χ0) is 22.5. The first kappa shape index (κ1) is 21.6. The molecule has 32 heavy (non-hydrogen) atoms. The normalized spacial score (nSPS) is 12.8. The summed E-state index contributed by atoms with van der Waals surface area (Å²) in [5.74, 6) is -0.687. The number of hydrogen-bond donors (Lipinski definition) is 2. The highest BCUT2D eigenvalue weighted by Gasteiger charge is 2.29. The van der Waals surface area contributed by atoms with E-state index in [2.05, 4.69) is 10.6 Å². The van der Waals surface area contributed by atoms with E-state index in [0.29, 0.717) is 11.1 Å².